The molecule has 0 saturated carbocycles. The number of nitrogens with two attached hydrogens (primary N) is 1. The predicted octanol–water partition coefficient (Wildman–Crippen LogP) is 3.03. The van der Waals surface area contributed by atoms with Crippen molar-refractivity contribution in [3.8, 4) is 5.88 Å². The number of ether oxygens (including phenoxy) is 2. The van der Waals surface area contributed by atoms with Crippen LogP contribution in [0.5, 0.6) is 5.88 Å². The fourth-order valence-electron chi connectivity index (χ4n) is 1.69. The molecule has 114 valence electrons. The summed E-state index contributed by atoms with van der Waals surface area (Å²) in [5.41, 5.74) is 7.77. The van der Waals surface area contributed by atoms with Crippen molar-refractivity contribution >= 4 is 0 Å². The average Bonchev–Trinajstić information content (AvgIpc) is 2.41. The summed E-state index contributed by atoms with van der Waals surface area (Å²) in [6, 6.07) is 3.95. The molecule has 1 aromatic heterocycles. The number of hydrogen-bond acceptors (Lipinski definition) is 4. The molecular weight excluding hydrogens is 252 g/mol. The lowest BCUT2D eigenvalue weighted by Crippen LogP contribution is -2.16. The van der Waals surface area contributed by atoms with E-state index in [0.29, 0.717) is 25.6 Å². The fourth-order valence-corrected chi connectivity index (χ4v) is 1.69. The summed E-state index contributed by atoms with van der Waals surface area (Å²) in [6.45, 7) is 11.0. The molecule has 0 bridgehead atoms. The summed E-state index contributed by atoms with van der Waals surface area (Å²) in [5, 5.41) is 0. The van der Waals surface area contributed by atoms with Gasteiger partial charge in [-0.1, -0.05) is 34.1 Å². The van der Waals surface area contributed by atoms with Gasteiger partial charge in [0.25, 0.3) is 0 Å². The van der Waals surface area contributed by atoms with Gasteiger partial charge in [0.15, 0.2) is 0 Å². The van der Waals surface area contributed by atoms with Gasteiger partial charge in [0, 0.05) is 24.6 Å². The average molecular weight is 280 g/mol. The van der Waals surface area contributed by atoms with Crippen LogP contribution < -0.4 is 10.5 Å². The molecule has 4 heteroatoms. The Balaban J connectivity index is 2.56. The van der Waals surface area contributed by atoms with Gasteiger partial charge in [0.05, 0.1) is 12.3 Å². The largest absolute Gasteiger partial charge is 0.475 e. The van der Waals surface area contributed by atoms with Crippen LogP contribution in [0.2, 0.25) is 0 Å². The third-order valence-electron chi connectivity index (χ3n) is 2.99. The minimum absolute atomic E-state index is 0.0130. The molecule has 0 spiro atoms. The molecule has 20 heavy (non-hydrogen) atoms. The second-order valence-electron chi connectivity index (χ2n) is 5.97. The molecular formula is C16H28N2O2. The van der Waals surface area contributed by atoms with E-state index in [0.717, 1.165) is 30.7 Å². The van der Waals surface area contributed by atoms with E-state index in [9.17, 15) is 0 Å². The standard InChI is InChI=1S/C16H28N2O2/c1-5-6-7-19-8-9-20-15-11-13(12-17)10-14(18-15)16(2,3)4/h10-11H,5-9,12,17H2,1-4H3. The van der Waals surface area contributed by atoms with Crippen molar-refractivity contribution in [2.24, 2.45) is 5.73 Å². The van der Waals surface area contributed by atoms with Gasteiger partial charge in [-0.25, -0.2) is 4.98 Å². The lowest BCUT2D eigenvalue weighted by atomic mass is 9.91. The monoisotopic (exact) mass is 280 g/mol. The normalized spacial score (nSPS) is 11.7. The number of hydrogen-bond donors (Lipinski definition) is 1. The summed E-state index contributed by atoms with van der Waals surface area (Å²) in [4.78, 5) is 4.55. The van der Waals surface area contributed by atoms with Crippen LogP contribution in [0.1, 0.15) is 51.8 Å². The van der Waals surface area contributed by atoms with Crippen molar-refractivity contribution in [2.45, 2.75) is 52.5 Å². The van der Waals surface area contributed by atoms with Gasteiger partial charge in [0.1, 0.15) is 6.61 Å². The molecule has 1 heterocycles. The van der Waals surface area contributed by atoms with E-state index in [1.807, 2.05) is 12.1 Å². The zero-order valence-electron chi connectivity index (χ0n) is 13.2. The first-order chi connectivity index (χ1) is 9.47. The SMILES string of the molecule is CCCCOCCOc1cc(CN)cc(C(C)(C)C)n1. The number of nitrogens with zero attached hydrogens (tertiary/aromatic N) is 1. The summed E-state index contributed by atoms with van der Waals surface area (Å²) >= 11 is 0. The van der Waals surface area contributed by atoms with Crippen molar-refractivity contribution in [1.29, 1.82) is 0 Å². The second kappa shape index (κ2) is 8.22. The third-order valence-corrected chi connectivity index (χ3v) is 2.99. The molecule has 1 aromatic rings. The summed E-state index contributed by atoms with van der Waals surface area (Å²) in [5.74, 6) is 0.636. The number of unbranched alkanes of at least 4 members (excludes halogenated alkanes) is 1. The zero-order chi connectivity index (χ0) is 15.0. The highest BCUT2D eigenvalue weighted by Gasteiger charge is 2.17. The Kier molecular flexibility index (Phi) is 6.96. The maximum absolute atomic E-state index is 5.73. The smallest absolute Gasteiger partial charge is 0.213 e. The van der Waals surface area contributed by atoms with Crippen molar-refractivity contribution in [2.75, 3.05) is 19.8 Å². The second-order valence-corrected chi connectivity index (χ2v) is 5.97. The van der Waals surface area contributed by atoms with Gasteiger partial charge >= 0.3 is 0 Å². The minimum Gasteiger partial charge on any atom is -0.475 e. The van der Waals surface area contributed by atoms with E-state index in [1.165, 1.54) is 0 Å². The number of pyridine rings is 1. The highest BCUT2D eigenvalue weighted by molar-refractivity contribution is 5.28. The highest BCUT2D eigenvalue weighted by Crippen LogP contribution is 2.24. The van der Waals surface area contributed by atoms with E-state index in [2.05, 4.69) is 32.7 Å². The van der Waals surface area contributed by atoms with Crippen molar-refractivity contribution in [1.82, 2.24) is 4.98 Å². The predicted molar refractivity (Wildman–Crippen MR) is 82.1 cm³/mol. The Hall–Kier alpha value is -1.13. The van der Waals surface area contributed by atoms with E-state index in [4.69, 9.17) is 15.2 Å². The van der Waals surface area contributed by atoms with E-state index >= 15 is 0 Å². The fraction of sp³-hybridized carbons (Fsp3) is 0.688. The van der Waals surface area contributed by atoms with Crippen LogP contribution in [-0.2, 0) is 16.7 Å². The molecule has 4 nitrogen and oxygen atoms in total. The molecule has 2 N–H and O–H groups in total. The Morgan fingerprint density at radius 2 is 1.90 bits per heavy atom. The molecule has 0 saturated heterocycles. The molecule has 0 aliphatic rings. The Bertz CT molecular complexity index is 400. The molecule has 1 rings (SSSR count). The van der Waals surface area contributed by atoms with Gasteiger partial charge in [-0.15, -0.1) is 0 Å². The first-order valence-corrected chi connectivity index (χ1v) is 7.39. The summed E-state index contributed by atoms with van der Waals surface area (Å²) < 4.78 is 11.1. The lowest BCUT2D eigenvalue weighted by Gasteiger charge is -2.19. The Labute approximate surface area is 122 Å². The Morgan fingerprint density at radius 1 is 1.15 bits per heavy atom. The molecule has 0 unspecified atom stereocenters. The molecule has 0 aliphatic heterocycles. The molecule has 0 radical (unpaired) electrons. The van der Waals surface area contributed by atoms with Crippen LogP contribution in [0.15, 0.2) is 12.1 Å². The van der Waals surface area contributed by atoms with Crippen molar-refractivity contribution in [3.05, 3.63) is 23.4 Å². The summed E-state index contributed by atoms with van der Waals surface area (Å²) in [6.07, 6.45) is 2.24. The van der Waals surface area contributed by atoms with Gasteiger partial charge in [-0.05, 0) is 18.1 Å². The lowest BCUT2D eigenvalue weighted by molar-refractivity contribution is 0.0963. The molecule has 0 fully saturated rings. The number of rotatable bonds is 8. The quantitative estimate of drug-likeness (QED) is 0.744. The van der Waals surface area contributed by atoms with Crippen LogP contribution in [0.25, 0.3) is 0 Å². The maximum atomic E-state index is 5.73. The highest BCUT2D eigenvalue weighted by atomic mass is 16.5. The molecule has 0 aliphatic carbocycles. The summed E-state index contributed by atoms with van der Waals surface area (Å²) in [7, 11) is 0. The van der Waals surface area contributed by atoms with Crippen LogP contribution in [-0.4, -0.2) is 24.8 Å². The number of aromatic nitrogens is 1. The van der Waals surface area contributed by atoms with Gasteiger partial charge in [-0.2, -0.15) is 0 Å². The van der Waals surface area contributed by atoms with E-state index in [-0.39, 0.29) is 5.41 Å². The van der Waals surface area contributed by atoms with Gasteiger partial charge in [0.2, 0.25) is 5.88 Å². The zero-order valence-corrected chi connectivity index (χ0v) is 13.2. The van der Waals surface area contributed by atoms with Crippen LogP contribution in [0.4, 0.5) is 0 Å². The van der Waals surface area contributed by atoms with Crippen molar-refractivity contribution in [3.63, 3.8) is 0 Å². The van der Waals surface area contributed by atoms with E-state index in [1.54, 1.807) is 0 Å². The van der Waals surface area contributed by atoms with Crippen molar-refractivity contribution < 1.29 is 9.47 Å². The maximum Gasteiger partial charge on any atom is 0.213 e. The molecule has 0 aromatic carbocycles. The van der Waals surface area contributed by atoms with Crippen LogP contribution in [0, 0.1) is 0 Å². The van der Waals surface area contributed by atoms with Crippen LogP contribution in [0.3, 0.4) is 0 Å². The molecule has 0 atom stereocenters. The topological polar surface area (TPSA) is 57.4 Å². The first-order valence-electron chi connectivity index (χ1n) is 7.39. The first kappa shape index (κ1) is 16.9. The third kappa shape index (κ3) is 5.88. The van der Waals surface area contributed by atoms with Gasteiger partial charge < -0.3 is 15.2 Å². The Morgan fingerprint density at radius 3 is 2.50 bits per heavy atom. The minimum atomic E-state index is -0.0130. The molecule has 0 amide bonds. The van der Waals surface area contributed by atoms with Crippen LogP contribution >= 0.6 is 0 Å². The van der Waals surface area contributed by atoms with E-state index < -0.39 is 0 Å². The van der Waals surface area contributed by atoms with Gasteiger partial charge in [-0.3, -0.25) is 0 Å².